The largest absolute Gasteiger partial charge is 0.508 e. The van der Waals surface area contributed by atoms with Crippen LogP contribution in [0.1, 0.15) is 6.42 Å². The van der Waals surface area contributed by atoms with Crippen LogP contribution in [0.25, 0.3) is 11.4 Å². The predicted molar refractivity (Wildman–Crippen MR) is 117 cm³/mol. The third kappa shape index (κ3) is 5.71. The Kier molecular flexibility index (Phi) is 7.23. The summed E-state index contributed by atoms with van der Waals surface area (Å²) in [5, 5.41) is 12.1. The Morgan fingerprint density at radius 1 is 1.03 bits per heavy atom. The summed E-state index contributed by atoms with van der Waals surface area (Å²) >= 11 is 0. The maximum absolute atomic E-state index is 12.5. The lowest BCUT2D eigenvalue weighted by molar-refractivity contribution is -0.116. The van der Waals surface area contributed by atoms with Gasteiger partial charge in [-0.2, -0.15) is 0 Å². The number of hydrogen-bond acceptors (Lipinski definition) is 8. The SMILES string of the molecule is COc1ccc(S(=O)(=O)NCCC(=O)Nc2cnc(-c3cccc(O)c3)nc2)cc1OC. The van der Waals surface area contributed by atoms with Gasteiger partial charge in [-0.25, -0.2) is 23.1 Å². The zero-order valence-corrected chi connectivity index (χ0v) is 18.2. The Morgan fingerprint density at radius 2 is 1.75 bits per heavy atom. The van der Waals surface area contributed by atoms with Crippen molar-refractivity contribution in [1.82, 2.24) is 14.7 Å². The van der Waals surface area contributed by atoms with Gasteiger partial charge in [-0.1, -0.05) is 12.1 Å². The van der Waals surface area contributed by atoms with Gasteiger partial charge in [0.2, 0.25) is 15.9 Å². The number of nitrogens with zero attached hydrogens (tertiary/aromatic N) is 2. The highest BCUT2D eigenvalue weighted by molar-refractivity contribution is 7.89. The number of carbonyl (C=O) groups is 1. The summed E-state index contributed by atoms with van der Waals surface area (Å²) in [5.41, 5.74) is 0.995. The predicted octanol–water partition coefficient (Wildman–Crippen LogP) is 2.17. The maximum atomic E-state index is 12.5. The molecule has 1 amide bonds. The molecule has 32 heavy (non-hydrogen) atoms. The molecule has 0 fully saturated rings. The monoisotopic (exact) mass is 458 g/mol. The molecule has 3 N–H and O–H groups in total. The second-order valence-electron chi connectivity index (χ2n) is 6.56. The fourth-order valence-electron chi connectivity index (χ4n) is 2.78. The molecule has 0 aliphatic rings. The third-order valence-corrected chi connectivity index (χ3v) is 5.81. The van der Waals surface area contributed by atoms with Gasteiger partial charge in [0.25, 0.3) is 0 Å². The molecule has 11 heteroatoms. The summed E-state index contributed by atoms with van der Waals surface area (Å²) < 4.78 is 37.5. The number of rotatable bonds is 9. The Bertz CT molecular complexity index is 1200. The number of benzene rings is 2. The number of nitrogens with one attached hydrogen (secondary N) is 2. The quantitative estimate of drug-likeness (QED) is 0.443. The number of methoxy groups -OCH3 is 2. The van der Waals surface area contributed by atoms with E-state index in [2.05, 4.69) is 20.0 Å². The van der Waals surface area contributed by atoms with Gasteiger partial charge in [0.05, 0.1) is 37.2 Å². The van der Waals surface area contributed by atoms with Crippen LogP contribution in [0.5, 0.6) is 17.2 Å². The van der Waals surface area contributed by atoms with Crippen LogP contribution in [-0.4, -0.2) is 50.2 Å². The van der Waals surface area contributed by atoms with Crippen molar-refractivity contribution in [3.63, 3.8) is 0 Å². The van der Waals surface area contributed by atoms with Crippen LogP contribution in [0, 0.1) is 0 Å². The molecule has 0 atom stereocenters. The Balaban J connectivity index is 1.54. The van der Waals surface area contributed by atoms with Crippen molar-refractivity contribution < 1.29 is 27.8 Å². The molecule has 0 aliphatic carbocycles. The fourth-order valence-corrected chi connectivity index (χ4v) is 3.82. The van der Waals surface area contributed by atoms with E-state index in [9.17, 15) is 18.3 Å². The molecular weight excluding hydrogens is 436 g/mol. The average Bonchev–Trinajstić information content (AvgIpc) is 2.79. The van der Waals surface area contributed by atoms with E-state index in [0.29, 0.717) is 22.8 Å². The summed E-state index contributed by atoms with van der Waals surface area (Å²) in [6.45, 7) is -0.106. The van der Waals surface area contributed by atoms with E-state index in [1.54, 1.807) is 12.1 Å². The summed E-state index contributed by atoms with van der Waals surface area (Å²) in [4.78, 5) is 20.5. The van der Waals surface area contributed by atoms with Gasteiger partial charge in [0.1, 0.15) is 5.75 Å². The average molecular weight is 458 g/mol. The number of aromatic hydroxyl groups is 1. The van der Waals surface area contributed by atoms with Gasteiger partial charge < -0.3 is 19.9 Å². The van der Waals surface area contributed by atoms with Crippen molar-refractivity contribution in [3.05, 3.63) is 54.9 Å². The fraction of sp³-hybridized carbons (Fsp3) is 0.190. The number of anilines is 1. The van der Waals surface area contributed by atoms with Crippen molar-refractivity contribution >= 4 is 21.6 Å². The molecule has 0 unspecified atom stereocenters. The van der Waals surface area contributed by atoms with Crippen LogP contribution in [0.3, 0.4) is 0 Å². The zero-order valence-electron chi connectivity index (χ0n) is 17.4. The van der Waals surface area contributed by atoms with Crippen LogP contribution >= 0.6 is 0 Å². The first-order valence-corrected chi connectivity index (χ1v) is 10.9. The summed E-state index contributed by atoms with van der Waals surface area (Å²) in [7, 11) is -0.976. The Labute approximate surface area is 185 Å². The minimum absolute atomic E-state index is 0.00787. The van der Waals surface area contributed by atoms with Gasteiger partial charge in [0, 0.05) is 24.6 Å². The van der Waals surface area contributed by atoms with Crippen molar-refractivity contribution in [3.8, 4) is 28.6 Å². The van der Waals surface area contributed by atoms with Gasteiger partial charge in [0.15, 0.2) is 17.3 Å². The molecule has 168 valence electrons. The maximum Gasteiger partial charge on any atom is 0.240 e. The molecule has 0 bridgehead atoms. The normalized spacial score (nSPS) is 11.1. The number of ether oxygens (including phenoxy) is 2. The molecule has 1 aromatic heterocycles. The highest BCUT2D eigenvalue weighted by atomic mass is 32.2. The zero-order chi connectivity index (χ0) is 23.1. The van der Waals surface area contributed by atoms with E-state index < -0.39 is 15.9 Å². The van der Waals surface area contributed by atoms with E-state index in [-0.39, 0.29) is 29.4 Å². The van der Waals surface area contributed by atoms with Gasteiger partial charge in [-0.05, 0) is 24.3 Å². The first-order chi connectivity index (χ1) is 15.3. The van der Waals surface area contributed by atoms with E-state index in [1.165, 1.54) is 56.9 Å². The minimum Gasteiger partial charge on any atom is -0.508 e. The van der Waals surface area contributed by atoms with E-state index >= 15 is 0 Å². The molecule has 0 aliphatic heterocycles. The number of amides is 1. The second kappa shape index (κ2) is 10.1. The van der Waals surface area contributed by atoms with Gasteiger partial charge >= 0.3 is 0 Å². The molecule has 3 aromatic rings. The topological polar surface area (TPSA) is 140 Å². The highest BCUT2D eigenvalue weighted by Gasteiger charge is 2.17. The van der Waals surface area contributed by atoms with E-state index in [1.807, 2.05) is 0 Å². The molecular formula is C21H22N4O6S. The first kappa shape index (κ1) is 23.0. The molecule has 10 nitrogen and oxygen atoms in total. The summed E-state index contributed by atoms with van der Waals surface area (Å²) in [6, 6.07) is 10.7. The number of sulfonamides is 1. The lowest BCUT2D eigenvalue weighted by atomic mass is 10.2. The molecule has 0 radical (unpaired) electrons. The smallest absolute Gasteiger partial charge is 0.240 e. The molecule has 0 spiro atoms. The Hall–Kier alpha value is -3.70. The van der Waals surface area contributed by atoms with Crippen molar-refractivity contribution in [2.45, 2.75) is 11.3 Å². The number of phenolic OH excluding ortho intramolecular Hbond substituents is 1. The number of carbonyl (C=O) groups excluding carboxylic acids is 1. The number of aromatic nitrogens is 2. The van der Waals surface area contributed by atoms with Crippen molar-refractivity contribution in [1.29, 1.82) is 0 Å². The summed E-state index contributed by atoms with van der Waals surface area (Å²) in [6.07, 6.45) is 2.76. The van der Waals surface area contributed by atoms with Crippen LogP contribution in [0.2, 0.25) is 0 Å². The standard InChI is InChI=1S/C21H22N4O6S/c1-30-18-7-6-17(11-19(18)31-2)32(28,29)24-9-8-20(27)25-15-12-22-21(23-13-15)14-4-3-5-16(26)10-14/h3-7,10-13,24,26H,8-9H2,1-2H3,(H,25,27). The third-order valence-electron chi connectivity index (χ3n) is 4.35. The lowest BCUT2D eigenvalue weighted by Gasteiger charge is -2.11. The van der Waals surface area contributed by atoms with Crippen LogP contribution in [-0.2, 0) is 14.8 Å². The molecule has 0 saturated heterocycles. The Morgan fingerprint density at radius 3 is 2.41 bits per heavy atom. The number of hydrogen-bond donors (Lipinski definition) is 3. The van der Waals surface area contributed by atoms with Crippen LogP contribution < -0.4 is 19.5 Å². The molecule has 3 rings (SSSR count). The van der Waals surface area contributed by atoms with E-state index in [4.69, 9.17) is 9.47 Å². The molecule has 2 aromatic carbocycles. The van der Waals surface area contributed by atoms with Crippen LogP contribution in [0.15, 0.2) is 59.8 Å². The van der Waals surface area contributed by atoms with E-state index in [0.717, 1.165) is 0 Å². The van der Waals surface area contributed by atoms with Crippen LogP contribution in [0.4, 0.5) is 5.69 Å². The van der Waals surface area contributed by atoms with Crippen molar-refractivity contribution in [2.24, 2.45) is 0 Å². The molecule has 0 saturated carbocycles. The van der Waals surface area contributed by atoms with Gasteiger partial charge in [-0.15, -0.1) is 0 Å². The first-order valence-electron chi connectivity index (χ1n) is 9.45. The molecule has 1 heterocycles. The summed E-state index contributed by atoms with van der Waals surface area (Å²) in [5.74, 6) is 0.764. The second-order valence-corrected chi connectivity index (χ2v) is 8.33. The lowest BCUT2D eigenvalue weighted by Crippen LogP contribution is -2.28. The van der Waals surface area contributed by atoms with Gasteiger partial charge in [-0.3, -0.25) is 4.79 Å². The van der Waals surface area contributed by atoms with Crippen molar-refractivity contribution in [2.75, 3.05) is 26.1 Å². The number of phenols is 1. The highest BCUT2D eigenvalue weighted by Crippen LogP contribution is 2.29. The minimum atomic E-state index is -3.84.